The highest BCUT2D eigenvalue weighted by Gasteiger charge is 2.24. The van der Waals surface area contributed by atoms with Gasteiger partial charge in [0.25, 0.3) is 5.91 Å². The van der Waals surface area contributed by atoms with E-state index in [1.54, 1.807) is 0 Å². The second-order valence-corrected chi connectivity index (χ2v) is 5.03. The number of carbonyl (C=O) groups is 1. The summed E-state index contributed by atoms with van der Waals surface area (Å²) in [7, 11) is 0. The minimum atomic E-state index is 0.104. The number of hydrogen-bond donors (Lipinski definition) is 2. The molecule has 0 unspecified atom stereocenters. The van der Waals surface area contributed by atoms with Gasteiger partial charge in [0.1, 0.15) is 5.69 Å². The Morgan fingerprint density at radius 3 is 3.07 bits per heavy atom. The van der Waals surface area contributed by atoms with Crippen molar-refractivity contribution in [3.63, 3.8) is 0 Å². The molecule has 15 heavy (non-hydrogen) atoms. The number of aromatic nitrogens is 1. The lowest BCUT2D eigenvalue weighted by Crippen LogP contribution is -2.52. The Kier molecular flexibility index (Phi) is 3.30. The molecule has 0 radical (unpaired) electrons. The van der Waals surface area contributed by atoms with Crippen LogP contribution in [0.25, 0.3) is 0 Å². The third-order valence-corrected chi connectivity index (χ3v) is 3.26. The molecule has 1 aliphatic rings. The van der Waals surface area contributed by atoms with E-state index in [0.29, 0.717) is 5.69 Å². The number of halogens is 1. The molecule has 0 aromatic carbocycles. The van der Waals surface area contributed by atoms with Crippen molar-refractivity contribution in [3.05, 3.63) is 21.5 Å². The van der Waals surface area contributed by atoms with Crippen molar-refractivity contribution in [3.8, 4) is 0 Å². The van der Waals surface area contributed by atoms with E-state index in [4.69, 9.17) is 0 Å². The standard InChI is InChI=1S/C10H14IN3O/c1-7-5-12-2-3-14(7)10(15)9-4-8(11)6-13-9/h4,6-7,12-13H,2-3,5H2,1H3/t7-/m1/s1. The maximum atomic E-state index is 12.1. The molecule has 1 saturated heterocycles. The molecule has 1 aromatic heterocycles. The summed E-state index contributed by atoms with van der Waals surface area (Å²) < 4.78 is 1.07. The first-order chi connectivity index (χ1) is 7.18. The average Bonchev–Trinajstić information content (AvgIpc) is 2.65. The Labute approximate surface area is 103 Å². The number of carbonyl (C=O) groups excluding carboxylic acids is 1. The summed E-state index contributed by atoms with van der Waals surface area (Å²) in [5.41, 5.74) is 0.688. The van der Waals surface area contributed by atoms with Gasteiger partial charge in [0.2, 0.25) is 0 Å². The summed E-state index contributed by atoms with van der Waals surface area (Å²) in [6.07, 6.45) is 1.85. The molecule has 1 aromatic rings. The summed E-state index contributed by atoms with van der Waals surface area (Å²) in [4.78, 5) is 17.0. The van der Waals surface area contributed by atoms with E-state index in [0.717, 1.165) is 23.2 Å². The van der Waals surface area contributed by atoms with Crippen molar-refractivity contribution in [2.24, 2.45) is 0 Å². The molecule has 1 fully saturated rings. The van der Waals surface area contributed by atoms with E-state index >= 15 is 0 Å². The minimum Gasteiger partial charge on any atom is -0.356 e. The van der Waals surface area contributed by atoms with E-state index < -0.39 is 0 Å². The molecule has 4 nitrogen and oxygen atoms in total. The normalized spacial score (nSPS) is 21.7. The third-order valence-electron chi connectivity index (χ3n) is 2.64. The van der Waals surface area contributed by atoms with Crippen LogP contribution in [0.1, 0.15) is 17.4 Å². The number of nitrogens with zero attached hydrogens (tertiary/aromatic N) is 1. The summed E-state index contributed by atoms with van der Waals surface area (Å²) in [5.74, 6) is 0.104. The smallest absolute Gasteiger partial charge is 0.270 e. The molecule has 0 saturated carbocycles. The predicted molar refractivity (Wildman–Crippen MR) is 66.9 cm³/mol. The number of amides is 1. The Balaban J connectivity index is 2.13. The molecule has 1 aliphatic heterocycles. The molecule has 2 heterocycles. The van der Waals surface area contributed by atoms with Crippen molar-refractivity contribution < 1.29 is 4.79 Å². The highest BCUT2D eigenvalue weighted by atomic mass is 127. The van der Waals surface area contributed by atoms with Crippen molar-refractivity contribution >= 4 is 28.5 Å². The lowest BCUT2D eigenvalue weighted by atomic mass is 10.2. The Morgan fingerprint density at radius 2 is 2.47 bits per heavy atom. The number of aromatic amines is 1. The van der Waals surface area contributed by atoms with E-state index in [1.165, 1.54) is 0 Å². The van der Waals surface area contributed by atoms with Gasteiger partial charge in [0.05, 0.1) is 0 Å². The van der Waals surface area contributed by atoms with Gasteiger partial charge in [-0.25, -0.2) is 0 Å². The van der Waals surface area contributed by atoms with Gasteiger partial charge in [-0.1, -0.05) is 0 Å². The molecule has 0 aliphatic carbocycles. The van der Waals surface area contributed by atoms with Gasteiger partial charge in [-0.3, -0.25) is 4.79 Å². The molecule has 1 amide bonds. The summed E-state index contributed by atoms with van der Waals surface area (Å²) in [6.45, 7) is 4.62. The van der Waals surface area contributed by atoms with Gasteiger partial charge < -0.3 is 15.2 Å². The van der Waals surface area contributed by atoms with E-state index in [1.807, 2.05) is 17.2 Å². The zero-order valence-corrected chi connectivity index (χ0v) is 10.7. The van der Waals surface area contributed by atoms with Crippen LogP contribution >= 0.6 is 22.6 Å². The van der Waals surface area contributed by atoms with Crippen molar-refractivity contribution in [2.75, 3.05) is 19.6 Å². The lowest BCUT2D eigenvalue weighted by Gasteiger charge is -2.33. The zero-order chi connectivity index (χ0) is 10.8. The van der Waals surface area contributed by atoms with Gasteiger partial charge in [-0.2, -0.15) is 0 Å². The van der Waals surface area contributed by atoms with Crippen LogP contribution in [0, 0.1) is 3.57 Å². The van der Waals surface area contributed by atoms with Gasteiger partial charge >= 0.3 is 0 Å². The SMILES string of the molecule is C[C@@H]1CNCCN1C(=O)c1cc(I)c[nH]1. The van der Waals surface area contributed by atoms with E-state index in [-0.39, 0.29) is 11.9 Å². The predicted octanol–water partition coefficient (Wildman–Crippen LogP) is 1.05. The summed E-state index contributed by atoms with van der Waals surface area (Å²) in [5, 5.41) is 3.27. The van der Waals surface area contributed by atoms with Crippen LogP contribution < -0.4 is 5.32 Å². The number of rotatable bonds is 1. The van der Waals surface area contributed by atoms with Gasteiger partial charge in [0.15, 0.2) is 0 Å². The maximum Gasteiger partial charge on any atom is 0.270 e. The third kappa shape index (κ3) is 2.34. The first-order valence-corrected chi connectivity index (χ1v) is 6.12. The summed E-state index contributed by atoms with van der Waals surface area (Å²) in [6, 6.07) is 2.16. The maximum absolute atomic E-state index is 12.1. The summed E-state index contributed by atoms with van der Waals surface area (Å²) >= 11 is 2.20. The Morgan fingerprint density at radius 1 is 1.67 bits per heavy atom. The fraction of sp³-hybridized carbons (Fsp3) is 0.500. The molecule has 82 valence electrons. The van der Waals surface area contributed by atoms with E-state index in [9.17, 15) is 4.79 Å². The number of hydrogen-bond acceptors (Lipinski definition) is 2. The average molecular weight is 319 g/mol. The van der Waals surface area contributed by atoms with Crippen LogP contribution in [0.2, 0.25) is 0 Å². The van der Waals surface area contributed by atoms with Crippen LogP contribution in [-0.2, 0) is 0 Å². The molecule has 5 heteroatoms. The molecule has 1 atom stereocenters. The van der Waals surface area contributed by atoms with Gasteiger partial charge in [-0.05, 0) is 35.6 Å². The molecular formula is C10H14IN3O. The first-order valence-electron chi connectivity index (χ1n) is 5.04. The van der Waals surface area contributed by atoms with Crippen LogP contribution in [0.15, 0.2) is 12.3 Å². The van der Waals surface area contributed by atoms with Gasteiger partial charge in [0, 0.05) is 35.4 Å². The molecule has 2 N–H and O–H groups in total. The monoisotopic (exact) mass is 319 g/mol. The quantitative estimate of drug-likeness (QED) is 0.761. The second kappa shape index (κ2) is 4.52. The Bertz CT molecular complexity index is 363. The number of nitrogens with one attached hydrogen (secondary N) is 2. The molecular weight excluding hydrogens is 305 g/mol. The topological polar surface area (TPSA) is 48.1 Å². The van der Waals surface area contributed by atoms with Crippen molar-refractivity contribution in [1.29, 1.82) is 0 Å². The second-order valence-electron chi connectivity index (χ2n) is 3.78. The zero-order valence-electron chi connectivity index (χ0n) is 8.59. The Hall–Kier alpha value is -0.560. The van der Waals surface area contributed by atoms with Gasteiger partial charge in [-0.15, -0.1) is 0 Å². The van der Waals surface area contributed by atoms with Crippen molar-refractivity contribution in [1.82, 2.24) is 15.2 Å². The fourth-order valence-electron chi connectivity index (χ4n) is 1.79. The van der Waals surface area contributed by atoms with Crippen LogP contribution in [0.5, 0.6) is 0 Å². The van der Waals surface area contributed by atoms with Crippen LogP contribution in [0.4, 0.5) is 0 Å². The largest absolute Gasteiger partial charge is 0.356 e. The highest BCUT2D eigenvalue weighted by molar-refractivity contribution is 14.1. The van der Waals surface area contributed by atoms with E-state index in [2.05, 4.69) is 39.8 Å². The highest BCUT2D eigenvalue weighted by Crippen LogP contribution is 2.12. The fourth-order valence-corrected chi connectivity index (χ4v) is 2.26. The molecule has 2 rings (SSSR count). The van der Waals surface area contributed by atoms with Crippen LogP contribution in [0.3, 0.4) is 0 Å². The minimum absolute atomic E-state index is 0.104. The number of H-pyrrole nitrogens is 1. The molecule has 0 spiro atoms. The lowest BCUT2D eigenvalue weighted by molar-refractivity contribution is 0.0650. The molecule has 0 bridgehead atoms. The van der Waals surface area contributed by atoms with Crippen molar-refractivity contribution in [2.45, 2.75) is 13.0 Å². The van der Waals surface area contributed by atoms with Crippen LogP contribution in [-0.4, -0.2) is 41.5 Å². The first kappa shape index (κ1) is 10.9. The number of piperazine rings is 1.